The normalized spacial score (nSPS) is 28.1. The molecule has 2 aliphatic rings. The molecule has 26 heavy (non-hydrogen) atoms. The first-order valence-electron chi connectivity index (χ1n) is 8.70. The summed E-state index contributed by atoms with van der Waals surface area (Å²) in [5.74, 6) is -0.0214. The second kappa shape index (κ2) is 6.50. The number of amides is 1. The molecule has 7 heteroatoms. The molecule has 2 unspecified atom stereocenters. The van der Waals surface area contributed by atoms with Crippen molar-refractivity contribution in [2.24, 2.45) is 0 Å². The van der Waals surface area contributed by atoms with Crippen LogP contribution in [-0.2, 0) is 14.6 Å². The molecule has 1 fully saturated rings. The summed E-state index contributed by atoms with van der Waals surface area (Å²) in [6.45, 7) is 1.38. The monoisotopic (exact) mass is 371 g/mol. The van der Waals surface area contributed by atoms with Crippen molar-refractivity contribution >= 4 is 22.0 Å². The van der Waals surface area contributed by atoms with Gasteiger partial charge in [0.05, 0.1) is 17.8 Å². The zero-order chi connectivity index (χ0) is 18.2. The molecular weight excluding hydrogens is 350 g/mol. The van der Waals surface area contributed by atoms with Crippen LogP contribution in [0.4, 0.5) is 5.69 Å². The fourth-order valence-electron chi connectivity index (χ4n) is 3.76. The molecule has 4 rings (SSSR count). The van der Waals surface area contributed by atoms with Gasteiger partial charge in [0, 0.05) is 18.7 Å². The van der Waals surface area contributed by atoms with Gasteiger partial charge in [-0.25, -0.2) is 0 Å². The standard InChI is InChI=1S/C19H21N3O3S/c23-18(15-7-2-1-3-8-15)22-12-6-11-19(14-22)13-20-26(24,25)17-10-5-4-9-16(17)21-19/h1-5,7-10H,6,11-14H2,(H2-,20,21,24,25). The summed E-state index contributed by atoms with van der Waals surface area (Å²) in [4.78, 5) is 14.9. The van der Waals surface area contributed by atoms with Gasteiger partial charge in [-0.2, -0.15) is 0 Å². The predicted molar refractivity (Wildman–Crippen MR) is 99.5 cm³/mol. The Hall–Kier alpha value is -2.22. The van der Waals surface area contributed by atoms with Gasteiger partial charge in [0.25, 0.3) is 5.91 Å². The molecule has 2 aliphatic heterocycles. The molecule has 1 spiro atoms. The van der Waals surface area contributed by atoms with Crippen molar-refractivity contribution in [3.05, 3.63) is 60.2 Å². The van der Waals surface area contributed by atoms with Gasteiger partial charge in [0.1, 0.15) is 0 Å². The molecule has 0 radical (unpaired) electrons. The lowest BCUT2D eigenvalue weighted by molar-refractivity contribution is 0.0663. The van der Waals surface area contributed by atoms with E-state index in [2.05, 4.69) is 10.0 Å². The highest BCUT2D eigenvalue weighted by Gasteiger charge is 2.43. The molecule has 0 bridgehead atoms. The number of rotatable bonds is 1. The topological polar surface area (TPSA) is 84.5 Å². The molecule has 6 nitrogen and oxygen atoms in total. The van der Waals surface area contributed by atoms with Gasteiger partial charge in [-0.1, -0.05) is 34.5 Å². The SMILES string of the molecule is O=C(c1ccccc1)N1CCCC2(CN[S+](=O)([O-])c3ccccc3N2)C1. The number of piperidine rings is 1. The van der Waals surface area contributed by atoms with Gasteiger partial charge in [-0.3, -0.25) is 4.79 Å². The maximum absolute atomic E-state index is 12.8. The number of anilines is 1. The second-order valence-corrected chi connectivity index (χ2v) is 8.66. The first-order chi connectivity index (χ1) is 12.5. The van der Waals surface area contributed by atoms with Gasteiger partial charge in [0.15, 0.2) is 15.3 Å². The lowest BCUT2D eigenvalue weighted by Crippen LogP contribution is -2.59. The molecule has 2 aromatic carbocycles. The Labute approximate surface area is 154 Å². The summed E-state index contributed by atoms with van der Waals surface area (Å²) < 4.78 is 27.8. The minimum absolute atomic E-state index is 0.0214. The third-order valence-electron chi connectivity index (χ3n) is 5.06. The van der Waals surface area contributed by atoms with Crippen LogP contribution in [0.5, 0.6) is 0 Å². The summed E-state index contributed by atoms with van der Waals surface area (Å²) >= 11 is 0. The fourth-order valence-corrected chi connectivity index (χ4v) is 5.05. The van der Waals surface area contributed by atoms with E-state index in [0.29, 0.717) is 24.3 Å². The molecule has 1 saturated heterocycles. The van der Waals surface area contributed by atoms with Gasteiger partial charge < -0.3 is 14.8 Å². The first kappa shape index (κ1) is 17.2. The maximum atomic E-state index is 12.8. The molecule has 1 amide bonds. The number of hydrogen-bond acceptors (Lipinski definition) is 4. The number of fused-ring (bicyclic) bond motifs is 1. The molecule has 136 valence electrons. The van der Waals surface area contributed by atoms with Gasteiger partial charge in [0.2, 0.25) is 0 Å². The second-order valence-electron chi connectivity index (χ2n) is 6.92. The average Bonchev–Trinajstić information content (AvgIpc) is 2.77. The van der Waals surface area contributed by atoms with Crippen LogP contribution < -0.4 is 10.0 Å². The molecule has 0 aromatic heterocycles. The van der Waals surface area contributed by atoms with Crippen molar-refractivity contribution in [1.82, 2.24) is 9.62 Å². The van der Waals surface area contributed by atoms with Crippen LogP contribution in [0.15, 0.2) is 59.5 Å². The summed E-state index contributed by atoms with van der Waals surface area (Å²) in [5.41, 5.74) is 0.730. The summed E-state index contributed by atoms with van der Waals surface area (Å²) in [7, 11) is -3.56. The first-order valence-corrected chi connectivity index (χ1v) is 10.2. The number of carbonyl (C=O) groups excluding carboxylic acids is 1. The largest absolute Gasteiger partial charge is 0.593 e. The Morgan fingerprint density at radius 2 is 1.85 bits per heavy atom. The summed E-state index contributed by atoms with van der Waals surface area (Å²) in [6.07, 6.45) is 1.61. The van der Waals surface area contributed by atoms with Crippen molar-refractivity contribution in [2.75, 3.05) is 25.0 Å². The Morgan fingerprint density at radius 1 is 1.12 bits per heavy atom. The molecular formula is C19H21N3O3S. The number of sulfonamides is 1. The molecule has 0 aliphatic carbocycles. The minimum Gasteiger partial charge on any atom is -0.593 e. The van der Waals surface area contributed by atoms with Gasteiger partial charge >= 0.3 is 0 Å². The van der Waals surface area contributed by atoms with Crippen molar-refractivity contribution < 1.29 is 13.6 Å². The van der Waals surface area contributed by atoms with E-state index < -0.39 is 15.9 Å². The third kappa shape index (κ3) is 3.13. The number of nitrogens with one attached hydrogen (secondary N) is 2. The van der Waals surface area contributed by atoms with Crippen LogP contribution in [0.3, 0.4) is 0 Å². The van der Waals surface area contributed by atoms with Crippen molar-refractivity contribution in [1.29, 1.82) is 0 Å². The number of carbonyl (C=O) groups is 1. The van der Waals surface area contributed by atoms with E-state index in [-0.39, 0.29) is 17.3 Å². The van der Waals surface area contributed by atoms with Crippen LogP contribution in [0.1, 0.15) is 23.2 Å². The van der Waals surface area contributed by atoms with Crippen LogP contribution >= 0.6 is 0 Å². The van der Waals surface area contributed by atoms with Crippen molar-refractivity contribution in [2.45, 2.75) is 23.3 Å². The molecule has 2 N–H and O–H groups in total. The van der Waals surface area contributed by atoms with E-state index in [0.717, 1.165) is 12.8 Å². The number of hydrogen-bond donors (Lipinski definition) is 2. The smallest absolute Gasteiger partial charge is 0.253 e. The lowest BCUT2D eigenvalue weighted by Gasteiger charge is -2.42. The van der Waals surface area contributed by atoms with Crippen LogP contribution in [-0.4, -0.2) is 40.5 Å². The Balaban J connectivity index is 1.63. The number of likely N-dealkylation sites (tertiary alicyclic amines) is 1. The predicted octanol–water partition coefficient (Wildman–Crippen LogP) is 2.28. The van der Waals surface area contributed by atoms with Crippen LogP contribution in [0.2, 0.25) is 0 Å². The highest BCUT2D eigenvalue weighted by molar-refractivity contribution is 7.96. The van der Waals surface area contributed by atoms with E-state index in [1.807, 2.05) is 41.3 Å². The average molecular weight is 371 g/mol. The highest BCUT2D eigenvalue weighted by Crippen LogP contribution is 2.34. The number of para-hydroxylation sites is 1. The zero-order valence-corrected chi connectivity index (χ0v) is 15.1. The zero-order valence-electron chi connectivity index (χ0n) is 14.3. The molecule has 0 saturated carbocycles. The maximum Gasteiger partial charge on any atom is 0.253 e. The highest BCUT2D eigenvalue weighted by atomic mass is 32.3. The van der Waals surface area contributed by atoms with E-state index in [1.165, 1.54) is 0 Å². The van der Waals surface area contributed by atoms with Crippen LogP contribution in [0, 0.1) is 0 Å². The number of nitrogens with zero attached hydrogens (tertiary/aromatic N) is 1. The quantitative estimate of drug-likeness (QED) is 0.753. The third-order valence-corrected chi connectivity index (χ3v) is 6.52. The Bertz CT molecular complexity index is 873. The number of benzene rings is 2. The summed E-state index contributed by atoms with van der Waals surface area (Å²) in [6, 6.07) is 16.1. The van der Waals surface area contributed by atoms with E-state index in [1.54, 1.807) is 18.2 Å². The summed E-state index contributed by atoms with van der Waals surface area (Å²) in [5, 5.41) is 3.43. The molecule has 2 atom stereocenters. The lowest BCUT2D eigenvalue weighted by atomic mass is 9.88. The molecule has 2 heterocycles. The van der Waals surface area contributed by atoms with E-state index in [4.69, 9.17) is 0 Å². The van der Waals surface area contributed by atoms with E-state index >= 15 is 0 Å². The van der Waals surface area contributed by atoms with Gasteiger partial charge in [-0.05, 0) is 37.1 Å². The Morgan fingerprint density at radius 3 is 2.65 bits per heavy atom. The minimum atomic E-state index is -3.56. The molecule has 2 aromatic rings. The van der Waals surface area contributed by atoms with Gasteiger partial charge in [-0.15, -0.1) is 4.72 Å². The van der Waals surface area contributed by atoms with Crippen molar-refractivity contribution in [3.63, 3.8) is 0 Å². The van der Waals surface area contributed by atoms with Crippen molar-refractivity contribution in [3.8, 4) is 0 Å². The fraction of sp³-hybridized carbons (Fsp3) is 0.316. The van der Waals surface area contributed by atoms with Crippen LogP contribution in [0.25, 0.3) is 0 Å². The Kier molecular flexibility index (Phi) is 4.30. The van der Waals surface area contributed by atoms with E-state index in [9.17, 15) is 13.6 Å².